The molecule has 0 saturated heterocycles. The van der Waals surface area contributed by atoms with E-state index in [2.05, 4.69) is 20.6 Å². The van der Waals surface area contributed by atoms with Crippen LogP contribution >= 0.6 is 0 Å². The molecule has 1 heterocycles. The van der Waals surface area contributed by atoms with Gasteiger partial charge < -0.3 is 10.6 Å². The van der Waals surface area contributed by atoms with Crippen molar-refractivity contribution in [3.63, 3.8) is 0 Å². The number of nitrogens with zero attached hydrogens (tertiary/aromatic N) is 2. The molecule has 6 heteroatoms. The Morgan fingerprint density at radius 3 is 2.52 bits per heavy atom. The molecule has 0 bridgehead atoms. The predicted molar refractivity (Wildman–Crippen MR) is 104 cm³/mol. The Labute approximate surface area is 157 Å². The molecule has 27 heavy (non-hydrogen) atoms. The summed E-state index contributed by atoms with van der Waals surface area (Å²) in [5.74, 6) is 0.0527. The zero-order valence-electron chi connectivity index (χ0n) is 15.1. The summed E-state index contributed by atoms with van der Waals surface area (Å²) in [5.41, 5.74) is 3.14. The van der Waals surface area contributed by atoms with E-state index in [1.165, 1.54) is 24.5 Å². The molecule has 3 rings (SSSR count). The molecule has 0 aliphatic heterocycles. The van der Waals surface area contributed by atoms with Gasteiger partial charge in [0, 0.05) is 12.2 Å². The molecule has 0 fully saturated rings. The normalized spacial score (nSPS) is 10.4. The zero-order chi connectivity index (χ0) is 19.1. The molecule has 0 spiro atoms. The number of amides is 1. The number of carbonyl (C=O) groups is 1. The molecule has 0 saturated carbocycles. The first kappa shape index (κ1) is 18.5. The average molecular weight is 364 g/mol. The highest BCUT2D eigenvalue weighted by Gasteiger charge is 2.10. The third-order valence-electron chi connectivity index (χ3n) is 4.16. The van der Waals surface area contributed by atoms with Crippen LogP contribution in [-0.2, 0) is 12.8 Å². The Balaban J connectivity index is 1.54. The van der Waals surface area contributed by atoms with Gasteiger partial charge in [-0.25, -0.2) is 14.4 Å². The highest BCUT2D eigenvalue weighted by molar-refractivity contribution is 6.03. The lowest BCUT2D eigenvalue weighted by Gasteiger charge is -2.09. The smallest absolute Gasteiger partial charge is 0.275 e. The Morgan fingerprint density at radius 2 is 1.81 bits per heavy atom. The van der Waals surface area contributed by atoms with E-state index in [-0.39, 0.29) is 17.4 Å². The second-order valence-electron chi connectivity index (χ2n) is 6.05. The maximum Gasteiger partial charge on any atom is 0.275 e. The predicted octanol–water partition coefficient (Wildman–Crippen LogP) is 4.09. The minimum atomic E-state index is -0.290. The van der Waals surface area contributed by atoms with Crippen LogP contribution in [0.3, 0.4) is 0 Å². The molecule has 138 valence electrons. The van der Waals surface area contributed by atoms with Crippen molar-refractivity contribution in [1.82, 2.24) is 9.97 Å². The molecule has 3 aromatic rings. The average Bonchev–Trinajstić information content (AvgIpc) is 2.70. The third-order valence-corrected chi connectivity index (χ3v) is 4.16. The van der Waals surface area contributed by atoms with Gasteiger partial charge in [0.1, 0.15) is 17.3 Å². The van der Waals surface area contributed by atoms with E-state index in [4.69, 9.17) is 0 Å². The van der Waals surface area contributed by atoms with E-state index >= 15 is 0 Å². The summed E-state index contributed by atoms with van der Waals surface area (Å²) in [6.07, 6.45) is 4.55. The van der Waals surface area contributed by atoms with Crippen LogP contribution in [0.5, 0.6) is 0 Å². The van der Waals surface area contributed by atoms with Gasteiger partial charge in [0.25, 0.3) is 5.91 Å². The van der Waals surface area contributed by atoms with Crippen molar-refractivity contribution in [2.24, 2.45) is 0 Å². The number of para-hydroxylation sites is 1. The van der Waals surface area contributed by atoms with Crippen molar-refractivity contribution in [3.05, 3.63) is 83.6 Å². The van der Waals surface area contributed by atoms with Crippen LogP contribution in [0.2, 0.25) is 0 Å². The molecule has 1 amide bonds. The lowest BCUT2D eigenvalue weighted by molar-refractivity contribution is 0.102. The van der Waals surface area contributed by atoms with Gasteiger partial charge in [-0.05, 0) is 42.2 Å². The number of rotatable bonds is 7. The van der Waals surface area contributed by atoms with E-state index in [0.717, 1.165) is 29.7 Å². The van der Waals surface area contributed by atoms with Gasteiger partial charge in [-0.3, -0.25) is 4.79 Å². The molecule has 5 nitrogen and oxygen atoms in total. The van der Waals surface area contributed by atoms with Crippen molar-refractivity contribution in [3.8, 4) is 0 Å². The number of anilines is 2. The topological polar surface area (TPSA) is 66.9 Å². The Kier molecular flexibility index (Phi) is 6.10. The largest absolute Gasteiger partial charge is 0.368 e. The second-order valence-corrected chi connectivity index (χ2v) is 6.05. The molecule has 0 radical (unpaired) electrons. The summed E-state index contributed by atoms with van der Waals surface area (Å²) in [6.45, 7) is 2.67. The quantitative estimate of drug-likeness (QED) is 0.663. The van der Waals surface area contributed by atoms with Gasteiger partial charge in [0.15, 0.2) is 0 Å². The van der Waals surface area contributed by atoms with E-state index in [0.29, 0.717) is 12.4 Å². The molecular weight excluding hydrogens is 343 g/mol. The fourth-order valence-electron chi connectivity index (χ4n) is 2.66. The van der Waals surface area contributed by atoms with Crippen LogP contribution in [-0.4, -0.2) is 22.4 Å². The minimum absolute atomic E-state index is 0.243. The number of benzene rings is 2. The van der Waals surface area contributed by atoms with Gasteiger partial charge in [0.2, 0.25) is 0 Å². The first-order valence-electron chi connectivity index (χ1n) is 8.85. The van der Waals surface area contributed by atoms with Crippen LogP contribution in [0.1, 0.15) is 28.5 Å². The van der Waals surface area contributed by atoms with Crippen LogP contribution in [0.15, 0.2) is 60.9 Å². The standard InChI is InChI=1S/C21H21FN4O/c1-2-16-5-3-4-6-18(16)26-21(27)19-13-25-20(14-24-19)23-12-11-15-7-9-17(22)10-8-15/h3-10,13-14H,2,11-12H2,1H3,(H,23,25)(H,26,27). The fraction of sp³-hybridized carbons (Fsp3) is 0.190. The summed E-state index contributed by atoms with van der Waals surface area (Å²) >= 11 is 0. The zero-order valence-corrected chi connectivity index (χ0v) is 15.1. The lowest BCUT2D eigenvalue weighted by atomic mass is 10.1. The van der Waals surface area contributed by atoms with Gasteiger partial charge >= 0.3 is 0 Å². The van der Waals surface area contributed by atoms with Crippen molar-refractivity contribution < 1.29 is 9.18 Å². The molecular formula is C21H21FN4O. The summed E-state index contributed by atoms with van der Waals surface area (Å²) in [4.78, 5) is 20.8. The summed E-state index contributed by atoms with van der Waals surface area (Å²) in [5, 5.41) is 6.02. The van der Waals surface area contributed by atoms with Crippen molar-refractivity contribution >= 4 is 17.4 Å². The molecule has 2 aromatic carbocycles. The first-order valence-corrected chi connectivity index (χ1v) is 8.85. The van der Waals surface area contributed by atoms with Crippen LogP contribution < -0.4 is 10.6 Å². The highest BCUT2D eigenvalue weighted by atomic mass is 19.1. The molecule has 0 aliphatic rings. The number of carbonyl (C=O) groups excluding carboxylic acids is 1. The molecule has 0 aliphatic carbocycles. The number of aryl methyl sites for hydroxylation is 1. The number of aromatic nitrogens is 2. The lowest BCUT2D eigenvalue weighted by Crippen LogP contribution is -2.16. The van der Waals surface area contributed by atoms with Crippen LogP contribution in [0.4, 0.5) is 15.9 Å². The number of halogens is 1. The summed E-state index contributed by atoms with van der Waals surface area (Å²) < 4.78 is 12.9. The number of nitrogens with one attached hydrogen (secondary N) is 2. The monoisotopic (exact) mass is 364 g/mol. The number of hydrogen-bond donors (Lipinski definition) is 2. The van der Waals surface area contributed by atoms with E-state index < -0.39 is 0 Å². The van der Waals surface area contributed by atoms with Gasteiger partial charge in [-0.2, -0.15) is 0 Å². The molecule has 2 N–H and O–H groups in total. The fourth-order valence-corrected chi connectivity index (χ4v) is 2.66. The van der Waals surface area contributed by atoms with Gasteiger partial charge in [-0.1, -0.05) is 37.3 Å². The SMILES string of the molecule is CCc1ccccc1NC(=O)c1cnc(NCCc2ccc(F)cc2)cn1. The third kappa shape index (κ3) is 5.10. The molecule has 0 unspecified atom stereocenters. The maximum absolute atomic E-state index is 12.9. The minimum Gasteiger partial charge on any atom is -0.368 e. The van der Waals surface area contributed by atoms with E-state index in [1.807, 2.05) is 31.2 Å². The Morgan fingerprint density at radius 1 is 1.04 bits per heavy atom. The Hall–Kier alpha value is -3.28. The van der Waals surface area contributed by atoms with Crippen molar-refractivity contribution in [2.75, 3.05) is 17.2 Å². The van der Waals surface area contributed by atoms with Crippen LogP contribution in [0, 0.1) is 5.82 Å². The van der Waals surface area contributed by atoms with E-state index in [9.17, 15) is 9.18 Å². The van der Waals surface area contributed by atoms with Gasteiger partial charge in [0.05, 0.1) is 12.4 Å². The van der Waals surface area contributed by atoms with Crippen molar-refractivity contribution in [1.29, 1.82) is 0 Å². The van der Waals surface area contributed by atoms with E-state index in [1.54, 1.807) is 12.1 Å². The Bertz CT molecular complexity index is 895. The molecule has 0 atom stereocenters. The number of hydrogen-bond acceptors (Lipinski definition) is 4. The summed E-state index contributed by atoms with van der Waals surface area (Å²) in [6, 6.07) is 14.1. The van der Waals surface area contributed by atoms with Crippen LogP contribution in [0.25, 0.3) is 0 Å². The second kappa shape index (κ2) is 8.89. The van der Waals surface area contributed by atoms with Crippen molar-refractivity contribution in [2.45, 2.75) is 19.8 Å². The first-order chi connectivity index (χ1) is 13.2. The van der Waals surface area contributed by atoms with Gasteiger partial charge in [-0.15, -0.1) is 0 Å². The highest BCUT2D eigenvalue weighted by Crippen LogP contribution is 2.16. The summed E-state index contributed by atoms with van der Waals surface area (Å²) in [7, 11) is 0. The molecule has 1 aromatic heterocycles. The maximum atomic E-state index is 12.9.